The molecule has 0 bridgehead atoms. The summed E-state index contributed by atoms with van der Waals surface area (Å²) in [5.41, 5.74) is 2.24. The first kappa shape index (κ1) is 14.5. The van der Waals surface area contributed by atoms with E-state index in [-0.39, 0.29) is 11.9 Å². The number of nitrogens with one attached hydrogen (secondary N) is 2. The monoisotopic (exact) mass is 287 g/mol. The van der Waals surface area contributed by atoms with Crippen molar-refractivity contribution in [1.29, 1.82) is 0 Å². The first-order chi connectivity index (χ1) is 10.3. The zero-order valence-electron chi connectivity index (χ0n) is 12.8. The summed E-state index contributed by atoms with van der Waals surface area (Å²) in [6, 6.07) is 8.69. The molecule has 0 aromatic heterocycles. The second-order valence-corrected chi connectivity index (χ2v) is 6.08. The van der Waals surface area contributed by atoms with Crippen molar-refractivity contribution in [2.45, 2.75) is 44.7 Å². The van der Waals surface area contributed by atoms with E-state index in [1.54, 1.807) is 0 Å². The molecular formula is C17H25N3O. The van der Waals surface area contributed by atoms with Crippen molar-refractivity contribution in [1.82, 2.24) is 10.2 Å². The van der Waals surface area contributed by atoms with E-state index in [2.05, 4.69) is 28.5 Å². The number of hydrogen-bond donors (Lipinski definition) is 2. The normalized spacial score (nSPS) is 25.5. The predicted molar refractivity (Wildman–Crippen MR) is 85.5 cm³/mol. The lowest BCUT2D eigenvalue weighted by Crippen LogP contribution is -2.48. The zero-order valence-corrected chi connectivity index (χ0v) is 12.8. The Morgan fingerprint density at radius 2 is 2.14 bits per heavy atom. The molecule has 2 aliphatic rings. The molecule has 4 heteroatoms. The standard InChI is InChI=1S/C17H25N3O/c1-2-20(12-14-7-5-11-18-14)16-10-9-13-6-3-4-8-15(13)19-17(16)21/h3-4,6,8,14,16,18H,2,5,7,9-12H2,1H3,(H,19,21). The molecule has 2 heterocycles. The number of anilines is 1. The second kappa shape index (κ2) is 6.58. The van der Waals surface area contributed by atoms with E-state index in [1.807, 2.05) is 18.2 Å². The van der Waals surface area contributed by atoms with Crippen molar-refractivity contribution in [2.75, 3.05) is 25.0 Å². The van der Waals surface area contributed by atoms with Crippen molar-refractivity contribution in [3.05, 3.63) is 29.8 Å². The van der Waals surface area contributed by atoms with Crippen molar-refractivity contribution in [3.8, 4) is 0 Å². The number of carbonyl (C=O) groups excluding carboxylic acids is 1. The summed E-state index contributed by atoms with van der Waals surface area (Å²) < 4.78 is 0. The summed E-state index contributed by atoms with van der Waals surface area (Å²) in [6.07, 6.45) is 4.35. The first-order valence-electron chi connectivity index (χ1n) is 8.14. The number of amides is 1. The molecule has 2 unspecified atom stereocenters. The highest BCUT2D eigenvalue weighted by molar-refractivity contribution is 5.96. The molecular weight excluding hydrogens is 262 g/mol. The van der Waals surface area contributed by atoms with E-state index in [1.165, 1.54) is 18.4 Å². The third-order valence-electron chi connectivity index (χ3n) is 4.73. The van der Waals surface area contributed by atoms with Gasteiger partial charge in [-0.05, 0) is 50.4 Å². The molecule has 3 rings (SSSR count). The Morgan fingerprint density at radius 3 is 2.90 bits per heavy atom. The van der Waals surface area contributed by atoms with Crippen LogP contribution in [0.25, 0.3) is 0 Å². The van der Waals surface area contributed by atoms with Gasteiger partial charge in [0, 0.05) is 18.3 Å². The maximum atomic E-state index is 12.6. The number of fused-ring (bicyclic) bond motifs is 1. The van der Waals surface area contributed by atoms with Gasteiger partial charge < -0.3 is 10.6 Å². The average Bonchev–Trinajstić information content (AvgIpc) is 2.94. The molecule has 2 atom stereocenters. The SMILES string of the molecule is CCN(CC1CCCN1)C1CCc2ccccc2NC1=O. The zero-order chi connectivity index (χ0) is 14.7. The Labute approximate surface area is 126 Å². The average molecular weight is 287 g/mol. The van der Waals surface area contributed by atoms with Gasteiger partial charge in [0.15, 0.2) is 0 Å². The number of para-hydroxylation sites is 1. The van der Waals surface area contributed by atoms with E-state index >= 15 is 0 Å². The van der Waals surface area contributed by atoms with Gasteiger partial charge in [-0.1, -0.05) is 25.1 Å². The smallest absolute Gasteiger partial charge is 0.241 e. The van der Waals surface area contributed by atoms with Crippen LogP contribution in [0.4, 0.5) is 5.69 Å². The van der Waals surface area contributed by atoms with Crippen LogP contribution in [0.1, 0.15) is 31.7 Å². The summed E-state index contributed by atoms with van der Waals surface area (Å²) in [5.74, 6) is 0.153. The summed E-state index contributed by atoms with van der Waals surface area (Å²) >= 11 is 0. The molecule has 0 radical (unpaired) electrons. The number of likely N-dealkylation sites (N-methyl/N-ethyl adjacent to an activating group) is 1. The Kier molecular flexibility index (Phi) is 4.56. The maximum absolute atomic E-state index is 12.6. The second-order valence-electron chi connectivity index (χ2n) is 6.08. The Bertz CT molecular complexity index is 497. The fourth-order valence-corrected chi connectivity index (χ4v) is 3.52. The van der Waals surface area contributed by atoms with E-state index in [4.69, 9.17) is 0 Å². The molecule has 1 aromatic carbocycles. The lowest BCUT2D eigenvalue weighted by molar-refractivity contribution is -0.121. The van der Waals surface area contributed by atoms with Crippen molar-refractivity contribution in [2.24, 2.45) is 0 Å². The van der Waals surface area contributed by atoms with Gasteiger partial charge in [-0.2, -0.15) is 0 Å². The van der Waals surface area contributed by atoms with Crippen LogP contribution in [0.3, 0.4) is 0 Å². The van der Waals surface area contributed by atoms with Crippen molar-refractivity contribution in [3.63, 3.8) is 0 Å². The minimum Gasteiger partial charge on any atom is -0.324 e. The fraction of sp³-hybridized carbons (Fsp3) is 0.588. The molecule has 1 amide bonds. The maximum Gasteiger partial charge on any atom is 0.241 e. The molecule has 2 N–H and O–H groups in total. The van der Waals surface area contributed by atoms with E-state index in [9.17, 15) is 4.79 Å². The van der Waals surface area contributed by atoms with Crippen molar-refractivity contribution < 1.29 is 4.79 Å². The van der Waals surface area contributed by atoms with Crippen molar-refractivity contribution >= 4 is 11.6 Å². The summed E-state index contributed by atoms with van der Waals surface area (Å²) in [7, 11) is 0. The minimum atomic E-state index is -0.00944. The van der Waals surface area contributed by atoms with E-state index in [0.717, 1.165) is 38.2 Å². The Morgan fingerprint density at radius 1 is 1.29 bits per heavy atom. The largest absolute Gasteiger partial charge is 0.324 e. The number of rotatable bonds is 4. The molecule has 1 fully saturated rings. The van der Waals surface area contributed by atoms with Crippen LogP contribution in [-0.2, 0) is 11.2 Å². The Balaban J connectivity index is 1.71. The highest BCUT2D eigenvalue weighted by atomic mass is 16.2. The third-order valence-corrected chi connectivity index (χ3v) is 4.73. The summed E-state index contributed by atoms with van der Waals surface area (Å²) in [6.45, 7) is 5.17. The molecule has 0 saturated carbocycles. The van der Waals surface area contributed by atoms with Crippen LogP contribution in [0.15, 0.2) is 24.3 Å². The number of hydrogen-bond acceptors (Lipinski definition) is 3. The van der Waals surface area contributed by atoms with Crippen LogP contribution in [0.5, 0.6) is 0 Å². The van der Waals surface area contributed by atoms with E-state index in [0.29, 0.717) is 6.04 Å². The third kappa shape index (κ3) is 3.27. The van der Waals surface area contributed by atoms with Crippen LogP contribution in [0.2, 0.25) is 0 Å². The van der Waals surface area contributed by atoms with Gasteiger partial charge >= 0.3 is 0 Å². The predicted octanol–water partition coefficient (Wildman–Crippen LogP) is 2.01. The van der Waals surface area contributed by atoms with Crippen LogP contribution >= 0.6 is 0 Å². The van der Waals surface area contributed by atoms with Gasteiger partial charge in [0.05, 0.1) is 6.04 Å². The van der Waals surface area contributed by atoms with Gasteiger partial charge in [-0.3, -0.25) is 9.69 Å². The number of nitrogens with zero attached hydrogens (tertiary/aromatic N) is 1. The van der Waals surface area contributed by atoms with Gasteiger partial charge in [0.25, 0.3) is 0 Å². The van der Waals surface area contributed by atoms with E-state index < -0.39 is 0 Å². The molecule has 0 aliphatic carbocycles. The molecule has 1 aromatic rings. The van der Waals surface area contributed by atoms with Gasteiger partial charge in [0.2, 0.25) is 5.91 Å². The lowest BCUT2D eigenvalue weighted by Gasteiger charge is -2.30. The topological polar surface area (TPSA) is 44.4 Å². The fourth-order valence-electron chi connectivity index (χ4n) is 3.52. The highest BCUT2D eigenvalue weighted by Crippen LogP contribution is 2.24. The summed E-state index contributed by atoms with van der Waals surface area (Å²) in [4.78, 5) is 14.9. The van der Waals surface area contributed by atoms with Crippen LogP contribution in [0, 0.1) is 0 Å². The minimum absolute atomic E-state index is 0.00944. The molecule has 1 saturated heterocycles. The highest BCUT2D eigenvalue weighted by Gasteiger charge is 2.30. The molecule has 114 valence electrons. The van der Waals surface area contributed by atoms with Gasteiger partial charge in [-0.25, -0.2) is 0 Å². The molecule has 21 heavy (non-hydrogen) atoms. The molecule has 2 aliphatic heterocycles. The van der Waals surface area contributed by atoms with Crippen LogP contribution in [-0.4, -0.2) is 42.5 Å². The van der Waals surface area contributed by atoms with Gasteiger partial charge in [0.1, 0.15) is 0 Å². The molecule has 4 nitrogen and oxygen atoms in total. The lowest BCUT2D eigenvalue weighted by atomic mass is 10.0. The Hall–Kier alpha value is -1.39. The molecule has 0 spiro atoms. The summed E-state index contributed by atoms with van der Waals surface area (Å²) in [5, 5.41) is 6.65. The number of benzene rings is 1. The quantitative estimate of drug-likeness (QED) is 0.890. The number of aryl methyl sites for hydroxylation is 1. The van der Waals surface area contributed by atoms with Crippen LogP contribution < -0.4 is 10.6 Å². The first-order valence-corrected chi connectivity index (χ1v) is 8.14. The van der Waals surface area contributed by atoms with Gasteiger partial charge in [-0.15, -0.1) is 0 Å². The number of carbonyl (C=O) groups is 1.